The minimum absolute atomic E-state index is 0.145. The summed E-state index contributed by atoms with van der Waals surface area (Å²) < 4.78 is 24.5. The van der Waals surface area contributed by atoms with Crippen LogP contribution in [0.1, 0.15) is 62.8 Å². The van der Waals surface area contributed by atoms with E-state index in [1.807, 2.05) is 57.2 Å². The van der Waals surface area contributed by atoms with Gasteiger partial charge in [-0.05, 0) is 88.7 Å². The normalized spacial score (nSPS) is 18.4. The molecule has 0 aliphatic carbocycles. The van der Waals surface area contributed by atoms with Crippen LogP contribution in [0.3, 0.4) is 0 Å². The number of hydrogen-bond acceptors (Lipinski definition) is 7. The predicted octanol–water partition coefficient (Wildman–Crippen LogP) is 6.65. The van der Waals surface area contributed by atoms with Crippen molar-refractivity contribution in [3.05, 3.63) is 77.4 Å². The molecule has 1 fully saturated rings. The molecule has 214 valence electrons. The number of esters is 1. The number of rotatable bonds is 6. The van der Waals surface area contributed by atoms with E-state index in [2.05, 4.69) is 4.90 Å². The lowest BCUT2D eigenvalue weighted by atomic mass is 9.84. The van der Waals surface area contributed by atoms with E-state index in [1.54, 1.807) is 24.3 Å². The maximum absolute atomic E-state index is 12.5. The van der Waals surface area contributed by atoms with Crippen LogP contribution in [0.25, 0.3) is 11.1 Å². The second kappa shape index (κ2) is 11.1. The summed E-state index contributed by atoms with van der Waals surface area (Å²) in [4.78, 5) is 14.9. The fourth-order valence-corrected chi connectivity index (χ4v) is 5.57. The minimum atomic E-state index is -0.618. The molecule has 3 aromatic carbocycles. The highest BCUT2D eigenvalue weighted by Crippen LogP contribution is 2.52. The highest BCUT2D eigenvalue weighted by Gasteiger charge is 2.36. The van der Waals surface area contributed by atoms with Gasteiger partial charge in [-0.25, -0.2) is 0 Å². The SMILES string of the molecule is CC(C)(C)C(=O)Oc1ccc2c(c1)OCC1=C2[C@H](c2ccc(OCCN3CCCCC3)cc2)Oc2cc(O)ccc21. The van der Waals surface area contributed by atoms with Crippen molar-refractivity contribution in [2.24, 2.45) is 5.41 Å². The molecule has 3 heterocycles. The number of aromatic hydroxyl groups is 1. The Bertz CT molecular complexity index is 1460. The van der Waals surface area contributed by atoms with E-state index < -0.39 is 11.5 Å². The first-order valence-corrected chi connectivity index (χ1v) is 14.4. The molecule has 41 heavy (non-hydrogen) atoms. The van der Waals surface area contributed by atoms with Crippen LogP contribution in [0.15, 0.2) is 60.7 Å². The van der Waals surface area contributed by atoms with Gasteiger partial charge in [-0.15, -0.1) is 0 Å². The van der Waals surface area contributed by atoms with E-state index in [0.29, 0.717) is 30.5 Å². The highest BCUT2D eigenvalue weighted by atomic mass is 16.5. The molecule has 0 unspecified atom stereocenters. The number of piperidine rings is 1. The van der Waals surface area contributed by atoms with Crippen molar-refractivity contribution in [3.63, 3.8) is 0 Å². The summed E-state index contributed by atoms with van der Waals surface area (Å²) in [6.45, 7) is 9.71. The molecule has 0 amide bonds. The van der Waals surface area contributed by atoms with Crippen molar-refractivity contribution in [2.75, 3.05) is 32.8 Å². The Morgan fingerprint density at radius 3 is 2.41 bits per heavy atom. The van der Waals surface area contributed by atoms with Crippen molar-refractivity contribution in [3.8, 4) is 28.7 Å². The molecule has 1 atom stereocenters. The van der Waals surface area contributed by atoms with Crippen LogP contribution in [0, 0.1) is 5.41 Å². The molecule has 6 rings (SSSR count). The van der Waals surface area contributed by atoms with Crippen LogP contribution in [0.5, 0.6) is 28.7 Å². The number of carbonyl (C=O) groups is 1. The summed E-state index contributed by atoms with van der Waals surface area (Å²) in [6, 6.07) is 18.7. The molecular formula is C34H37NO6. The molecule has 0 aromatic heterocycles. The number of hydrogen-bond donors (Lipinski definition) is 1. The number of fused-ring (bicyclic) bond motifs is 4. The fraction of sp³-hybridized carbons (Fsp3) is 0.382. The molecular weight excluding hydrogens is 518 g/mol. The van der Waals surface area contributed by atoms with Crippen molar-refractivity contribution in [1.29, 1.82) is 0 Å². The Labute approximate surface area is 241 Å². The quantitative estimate of drug-likeness (QED) is 0.270. The van der Waals surface area contributed by atoms with Gasteiger partial charge in [0.05, 0.1) is 5.41 Å². The van der Waals surface area contributed by atoms with E-state index in [1.165, 1.54) is 19.3 Å². The third-order valence-electron chi connectivity index (χ3n) is 7.87. The first-order valence-electron chi connectivity index (χ1n) is 14.4. The molecule has 3 aliphatic rings. The second-order valence-corrected chi connectivity index (χ2v) is 12.0. The maximum atomic E-state index is 12.5. The zero-order chi connectivity index (χ0) is 28.6. The first-order chi connectivity index (χ1) is 19.8. The Hall–Kier alpha value is -3.97. The van der Waals surface area contributed by atoms with Crippen LogP contribution < -0.4 is 18.9 Å². The van der Waals surface area contributed by atoms with Gasteiger partial charge in [0.15, 0.2) is 6.10 Å². The monoisotopic (exact) mass is 555 g/mol. The van der Waals surface area contributed by atoms with Crippen molar-refractivity contribution < 1.29 is 28.8 Å². The van der Waals surface area contributed by atoms with Gasteiger partial charge in [0, 0.05) is 41.0 Å². The van der Waals surface area contributed by atoms with E-state index in [-0.39, 0.29) is 11.7 Å². The van der Waals surface area contributed by atoms with Gasteiger partial charge in [0.2, 0.25) is 0 Å². The van der Waals surface area contributed by atoms with Crippen molar-refractivity contribution in [2.45, 2.75) is 46.1 Å². The Morgan fingerprint density at radius 2 is 1.66 bits per heavy atom. The summed E-state index contributed by atoms with van der Waals surface area (Å²) in [7, 11) is 0. The lowest BCUT2D eigenvalue weighted by Gasteiger charge is -2.35. The molecule has 0 bridgehead atoms. The van der Waals surface area contributed by atoms with Crippen LogP contribution >= 0.6 is 0 Å². The Morgan fingerprint density at radius 1 is 0.927 bits per heavy atom. The zero-order valence-electron chi connectivity index (χ0n) is 23.9. The van der Waals surface area contributed by atoms with Gasteiger partial charge in [0.25, 0.3) is 0 Å². The summed E-state index contributed by atoms with van der Waals surface area (Å²) in [5, 5.41) is 10.2. The van der Waals surface area contributed by atoms with Gasteiger partial charge in [-0.2, -0.15) is 0 Å². The maximum Gasteiger partial charge on any atom is 0.316 e. The summed E-state index contributed by atoms with van der Waals surface area (Å²) in [5.74, 6) is 2.35. The summed E-state index contributed by atoms with van der Waals surface area (Å²) in [5.41, 5.74) is 4.12. The topological polar surface area (TPSA) is 77.5 Å². The molecule has 7 nitrogen and oxygen atoms in total. The van der Waals surface area contributed by atoms with Crippen LogP contribution in [0.2, 0.25) is 0 Å². The smallest absolute Gasteiger partial charge is 0.316 e. The second-order valence-electron chi connectivity index (χ2n) is 12.0. The number of likely N-dealkylation sites (tertiary alicyclic amines) is 1. The first kappa shape index (κ1) is 27.2. The van der Waals surface area contributed by atoms with Gasteiger partial charge in [0.1, 0.15) is 42.0 Å². The zero-order valence-corrected chi connectivity index (χ0v) is 23.9. The van der Waals surface area contributed by atoms with E-state index in [0.717, 1.165) is 53.2 Å². The third-order valence-corrected chi connectivity index (χ3v) is 7.87. The van der Waals surface area contributed by atoms with Gasteiger partial charge in [-0.3, -0.25) is 9.69 Å². The van der Waals surface area contributed by atoms with Gasteiger partial charge >= 0.3 is 5.97 Å². The molecule has 3 aromatic rings. The van der Waals surface area contributed by atoms with Crippen molar-refractivity contribution in [1.82, 2.24) is 4.90 Å². The van der Waals surface area contributed by atoms with Crippen LogP contribution in [-0.4, -0.2) is 48.8 Å². The average molecular weight is 556 g/mol. The van der Waals surface area contributed by atoms with Gasteiger partial charge in [-0.1, -0.05) is 18.6 Å². The largest absolute Gasteiger partial charge is 0.508 e. The highest BCUT2D eigenvalue weighted by molar-refractivity contribution is 5.99. The number of nitrogens with zero attached hydrogens (tertiary/aromatic N) is 1. The number of benzene rings is 3. The number of phenolic OH excluding ortho intramolecular Hbond substituents is 1. The average Bonchev–Trinajstić information content (AvgIpc) is 2.96. The Balaban J connectivity index is 1.28. The number of carbonyl (C=O) groups excluding carboxylic acids is 1. The van der Waals surface area contributed by atoms with Crippen LogP contribution in [-0.2, 0) is 4.79 Å². The number of phenols is 1. The molecule has 0 spiro atoms. The Kier molecular flexibility index (Phi) is 7.39. The predicted molar refractivity (Wildman–Crippen MR) is 158 cm³/mol. The van der Waals surface area contributed by atoms with Crippen molar-refractivity contribution >= 4 is 17.1 Å². The van der Waals surface area contributed by atoms with E-state index in [9.17, 15) is 9.90 Å². The van der Waals surface area contributed by atoms with Gasteiger partial charge < -0.3 is 24.1 Å². The standard InChI is InChI=1S/C34H37NO6/c1-34(2,3)33(37)40-25-12-14-27-29(20-25)39-21-28-26-13-9-23(36)19-30(26)41-32(31(27)28)22-7-10-24(11-8-22)38-18-17-35-15-5-4-6-16-35/h7-14,19-20,32,36H,4-6,15-18,21H2,1-3H3/t32-/m0/s1. The molecule has 3 aliphatic heterocycles. The molecule has 7 heteroatoms. The van der Waals surface area contributed by atoms with E-state index in [4.69, 9.17) is 18.9 Å². The number of ether oxygens (including phenoxy) is 4. The lowest BCUT2D eigenvalue weighted by Crippen LogP contribution is -2.33. The molecule has 1 N–H and O–H groups in total. The molecule has 0 saturated carbocycles. The lowest BCUT2D eigenvalue weighted by molar-refractivity contribution is -0.143. The molecule has 1 saturated heterocycles. The summed E-state index contributed by atoms with van der Waals surface area (Å²) in [6.07, 6.45) is 3.44. The van der Waals surface area contributed by atoms with Crippen LogP contribution in [0.4, 0.5) is 0 Å². The third kappa shape index (κ3) is 5.77. The van der Waals surface area contributed by atoms with E-state index >= 15 is 0 Å². The minimum Gasteiger partial charge on any atom is -0.508 e. The fourth-order valence-electron chi connectivity index (χ4n) is 5.57. The summed E-state index contributed by atoms with van der Waals surface area (Å²) >= 11 is 0. The molecule has 0 radical (unpaired) electrons.